The Balaban J connectivity index is 1.95. The highest BCUT2D eigenvalue weighted by molar-refractivity contribution is 5.59. The number of pyridine rings is 2. The highest BCUT2D eigenvalue weighted by atomic mass is 16.1. The van der Waals surface area contributed by atoms with Crippen molar-refractivity contribution in [2.75, 3.05) is 0 Å². The predicted octanol–water partition coefficient (Wildman–Crippen LogP) is 2.52. The minimum Gasteiger partial charge on any atom is -0.315 e. The lowest BCUT2D eigenvalue weighted by molar-refractivity contribution is 0.624. The molecule has 0 radical (unpaired) electrons. The Labute approximate surface area is 146 Å². The summed E-state index contributed by atoms with van der Waals surface area (Å²) in [6, 6.07) is 5.85. The third kappa shape index (κ3) is 2.67. The number of fused-ring (bicyclic) bond motifs is 1. The normalized spacial score (nSPS) is 13.7. The maximum Gasteiger partial charge on any atom is 0.261 e. The van der Waals surface area contributed by atoms with Gasteiger partial charge in [0.25, 0.3) is 5.56 Å². The third-order valence-electron chi connectivity index (χ3n) is 4.82. The van der Waals surface area contributed by atoms with Crippen LogP contribution in [0.25, 0.3) is 17.1 Å². The van der Waals surface area contributed by atoms with Crippen molar-refractivity contribution < 1.29 is 0 Å². The molecule has 0 N–H and O–H groups in total. The van der Waals surface area contributed by atoms with Crippen molar-refractivity contribution >= 4 is 0 Å². The second kappa shape index (κ2) is 5.95. The summed E-state index contributed by atoms with van der Waals surface area (Å²) >= 11 is 0. The lowest BCUT2D eigenvalue weighted by Gasteiger charge is -2.20. The fourth-order valence-corrected chi connectivity index (χ4v) is 3.58. The average Bonchev–Trinajstić information content (AvgIpc) is 3.00. The number of hydrogen-bond donors (Lipinski definition) is 0. The molecule has 0 saturated heterocycles. The van der Waals surface area contributed by atoms with Gasteiger partial charge in [-0.05, 0) is 63.3 Å². The fraction of sp³-hybridized carbons (Fsp3) is 0.368. The van der Waals surface area contributed by atoms with Crippen LogP contribution in [0.1, 0.15) is 35.6 Å². The van der Waals surface area contributed by atoms with Crippen molar-refractivity contribution in [2.45, 2.75) is 39.5 Å². The van der Waals surface area contributed by atoms with Gasteiger partial charge in [-0.3, -0.25) is 9.78 Å². The largest absolute Gasteiger partial charge is 0.315 e. The molecule has 0 aliphatic heterocycles. The topological polar surface area (TPSA) is 65.6 Å². The van der Waals surface area contributed by atoms with E-state index in [1.807, 2.05) is 39.1 Å². The van der Waals surface area contributed by atoms with E-state index in [9.17, 15) is 4.79 Å². The molecule has 0 atom stereocenters. The second-order valence-electron chi connectivity index (χ2n) is 6.65. The van der Waals surface area contributed by atoms with E-state index in [0.29, 0.717) is 17.2 Å². The summed E-state index contributed by atoms with van der Waals surface area (Å²) in [6.45, 7) is 3.78. The molecule has 0 spiro atoms. The maximum absolute atomic E-state index is 13.0. The number of rotatable bonds is 2. The van der Waals surface area contributed by atoms with Crippen LogP contribution in [0.2, 0.25) is 0 Å². The predicted molar refractivity (Wildman–Crippen MR) is 95.9 cm³/mol. The van der Waals surface area contributed by atoms with Crippen LogP contribution in [0.4, 0.5) is 0 Å². The van der Waals surface area contributed by atoms with E-state index in [2.05, 4.69) is 15.1 Å². The van der Waals surface area contributed by atoms with Crippen molar-refractivity contribution in [3.63, 3.8) is 0 Å². The van der Waals surface area contributed by atoms with Gasteiger partial charge >= 0.3 is 0 Å². The molecule has 25 heavy (non-hydrogen) atoms. The molecule has 4 rings (SSSR count). The number of nitrogens with zero attached hydrogens (tertiary/aromatic N) is 5. The van der Waals surface area contributed by atoms with Crippen LogP contribution in [0.3, 0.4) is 0 Å². The molecule has 6 nitrogen and oxygen atoms in total. The van der Waals surface area contributed by atoms with E-state index in [4.69, 9.17) is 0 Å². The molecule has 0 fully saturated rings. The number of aryl methyl sites for hydroxylation is 3. The van der Waals surface area contributed by atoms with E-state index in [-0.39, 0.29) is 5.56 Å². The second-order valence-corrected chi connectivity index (χ2v) is 6.65. The van der Waals surface area contributed by atoms with Crippen LogP contribution >= 0.6 is 0 Å². The summed E-state index contributed by atoms with van der Waals surface area (Å²) in [4.78, 5) is 21.8. The molecule has 6 heteroatoms. The molecule has 0 amide bonds. The molecule has 0 unspecified atom stereocenters. The van der Waals surface area contributed by atoms with E-state index in [1.165, 1.54) is 12.0 Å². The Morgan fingerprint density at radius 1 is 1.12 bits per heavy atom. The monoisotopic (exact) mass is 335 g/mol. The molecule has 0 saturated carbocycles. The first-order valence-electron chi connectivity index (χ1n) is 8.63. The minimum atomic E-state index is -0.0138. The van der Waals surface area contributed by atoms with E-state index in [1.54, 1.807) is 15.4 Å². The average molecular weight is 335 g/mol. The van der Waals surface area contributed by atoms with Gasteiger partial charge in [-0.15, -0.1) is 0 Å². The van der Waals surface area contributed by atoms with Gasteiger partial charge in [-0.1, -0.05) is 0 Å². The lowest BCUT2D eigenvalue weighted by atomic mass is 9.94. The van der Waals surface area contributed by atoms with E-state index >= 15 is 0 Å². The molecule has 3 heterocycles. The van der Waals surface area contributed by atoms with Gasteiger partial charge in [-0.2, -0.15) is 5.10 Å². The first kappa shape index (κ1) is 15.7. The van der Waals surface area contributed by atoms with Crippen molar-refractivity contribution in [1.82, 2.24) is 24.3 Å². The van der Waals surface area contributed by atoms with Crippen LogP contribution in [0.15, 0.2) is 29.2 Å². The number of hydrogen-bond acceptors (Lipinski definition) is 4. The third-order valence-corrected chi connectivity index (χ3v) is 4.82. The Morgan fingerprint density at radius 3 is 2.72 bits per heavy atom. The quantitative estimate of drug-likeness (QED) is 0.722. The Bertz CT molecular complexity index is 1020. The van der Waals surface area contributed by atoms with Gasteiger partial charge in [0, 0.05) is 24.6 Å². The van der Waals surface area contributed by atoms with Gasteiger partial charge in [0.05, 0.1) is 11.3 Å². The summed E-state index contributed by atoms with van der Waals surface area (Å²) in [7, 11) is 1.86. The van der Waals surface area contributed by atoms with E-state index in [0.717, 1.165) is 36.3 Å². The molecule has 3 aromatic heterocycles. The molecule has 1 aliphatic carbocycles. The summed E-state index contributed by atoms with van der Waals surface area (Å²) in [5, 5.41) is 4.51. The fourth-order valence-electron chi connectivity index (χ4n) is 3.58. The van der Waals surface area contributed by atoms with Crippen molar-refractivity contribution in [1.29, 1.82) is 0 Å². The molecular weight excluding hydrogens is 314 g/mol. The maximum atomic E-state index is 13.0. The van der Waals surface area contributed by atoms with Gasteiger partial charge < -0.3 is 4.57 Å². The van der Waals surface area contributed by atoms with Crippen LogP contribution in [-0.4, -0.2) is 24.3 Å². The molecule has 0 aromatic carbocycles. The molecule has 3 aromatic rings. The van der Waals surface area contributed by atoms with Gasteiger partial charge in [0.1, 0.15) is 5.82 Å². The minimum absolute atomic E-state index is 0.0138. The standard InChI is InChI=1S/C19H21N5O/c1-12-10-15(8-9-20-12)24-18(21-13(2)22-24)16-11-14-6-4-5-7-17(14)23(3)19(16)25/h8-11H,4-7H2,1-3H3. The summed E-state index contributed by atoms with van der Waals surface area (Å²) in [5.41, 5.74) is 4.76. The molecule has 128 valence electrons. The molecule has 0 bridgehead atoms. The van der Waals surface area contributed by atoms with Crippen LogP contribution < -0.4 is 5.56 Å². The first-order valence-corrected chi connectivity index (χ1v) is 8.63. The Hall–Kier alpha value is -2.76. The van der Waals surface area contributed by atoms with Crippen LogP contribution in [0, 0.1) is 13.8 Å². The summed E-state index contributed by atoms with van der Waals surface area (Å²) in [5.74, 6) is 1.24. The number of aromatic nitrogens is 5. The van der Waals surface area contributed by atoms with Crippen molar-refractivity contribution in [2.24, 2.45) is 7.05 Å². The smallest absolute Gasteiger partial charge is 0.261 e. The zero-order valence-electron chi connectivity index (χ0n) is 14.8. The van der Waals surface area contributed by atoms with Gasteiger partial charge in [0.15, 0.2) is 5.82 Å². The zero-order chi connectivity index (χ0) is 17.6. The van der Waals surface area contributed by atoms with Crippen molar-refractivity contribution in [3.8, 4) is 17.1 Å². The SMILES string of the molecule is Cc1cc(-n2nc(C)nc2-c2cc3c(n(C)c2=O)CCCC3)ccn1. The van der Waals surface area contributed by atoms with Gasteiger partial charge in [-0.25, -0.2) is 9.67 Å². The van der Waals surface area contributed by atoms with Gasteiger partial charge in [0.2, 0.25) is 0 Å². The Morgan fingerprint density at radius 2 is 1.92 bits per heavy atom. The highest BCUT2D eigenvalue weighted by Crippen LogP contribution is 2.25. The zero-order valence-corrected chi connectivity index (χ0v) is 14.8. The van der Waals surface area contributed by atoms with Crippen LogP contribution in [0.5, 0.6) is 0 Å². The Kier molecular flexibility index (Phi) is 3.75. The summed E-state index contributed by atoms with van der Waals surface area (Å²) in [6.07, 6.45) is 6.04. The highest BCUT2D eigenvalue weighted by Gasteiger charge is 2.21. The first-order chi connectivity index (χ1) is 12.0. The van der Waals surface area contributed by atoms with Crippen molar-refractivity contribution in [3.05, 3.63) is 57.5 Å². The van der Waals surface area contributed by atoms with Crippen LogP contribution in [-0.2, 0) is 19.9 Å². The summed E-state index contributed by atoms with van der Waals surface area (Å²) < 4.78 is 3.53. The van der Waals surface area contributed by atoms with E-state index < -0.39 is 0 Å². The lowest BCUT2D eigenvalue weighted by Crippen LogP contribution is -2.26. The molecule has 1 aliphatic rings. The molecular formula is C19H21N5O.